The molecule has 9 heteroatoms. The van der Waals surface area contributed by atoms with Gasteiger partial charge in [-0.2, -0.15) is 0 Å². The third-order valence-corrected chi connectivity index (χ3v) is 6.13. The number of likely N-dealkylation sites (tertiary alicyclic amines) is 1. The van der Waals surface area contributed by atoms with Crippen LogP contribution in [0.2, 0.25) is 5.02 Å². The summed E-state index contributed by atoms with van der Waals surface area (Å²) in [7, 11) is 0. The first-order valence-electron chi connectivity index (χ1n) is 10.9. The zero-order valence-electron chi connectivity index (χ0n) is 18.2. The number of aliphatic hydroxyl groups excluding tert-OH is 1. The van der Waals surface area contributed by atoms with E-state index in [2.05, 4.69) is 4.98 Å². The number of amides is 1. The number of imidazole rings is 1. The minimum atomic E-state index is -0.769. The summed E-state index contributed by atoms with van der Waals surface area (Å²) in [6.45, 7) is 1.78. The monoisotopic (exact) mass is 479 g/mol. The molecule has 0 radical (unpaired) electrons. The van der Waals surface area contributed by atoms with Crippen LogP contribution in [0.15, 0.2) is 66.8 Å². The molecule has 3 aromatic rings. The molecule has 8 nitrogen and oxygen atoms in total. The van der Waals surface area contributed by atoms with Crippen LogP contribution in [-0.2, 0) is 16.1 Å². The van der Waals surface area contributed by atoms with Crippen LogP contribution in [0.25, 0.3) is 5.76 Å². The van der Waals surface area contributed by atoms with Crippen LogP contribution >= 0.6 is 11.6 Å². The van der Waals surface area contributed by atoms with Crippen molar-refractivity contribution >= 4 is 29.1 Å². The Morgan fingerprint density at radius 1 is 1.09 bits per heavy atom. The minimum Gasteiger partial charge on any atom is -0.507 e. The highest BCUT2D eigenvalue weighted by Crippen LogP contribution is 2.41. The van der Waals surface area contributed by atoms with E-state index in [-0.39, 0.29) is 11.3 Å². The van der Waals surface area contributed by atoms with Crippen molar-refractivity contribution in [2.45, 2.75) is 19.0 Å². The largest absolute Gasteiger partial charge is 0.507 e. The summed E-state index contributed by atoms with van der Waals surface area (Å²) in [4.78, 5) is 31.8. The number of aliphatic hydroxyl groups is 1. The highest BCUT2D eigenvalue weighted by molar-refractivity contribution is 6.46. The smallest absolute Gasteiger partial charge is 0.295 e. The molecule has 1 atom stereocenters. The Labute approximate surface area is 201 Å². The van der Waals surface area contributed by atoms with Crippen LogP contribution in [0.5, 0.6) is 11.5 Å². The van der Waals surface area contributed by atoms with Crippen LogP contribution < -0.4 is 9.47 Å². The number of ketones is 1. The molecule has 1 saturated heterocycles. The molecule has 2 aliphatic heterocycles. The van der Waals surface area contributed by atoms with Gasteiger partial charge in [0.15, 0.2) is 11.5 Å². The van der Waals surface area contributed by atoms with Gasteiger partial charge in [-0.25, -0.2) is 4.98 Å². The van der Waals surface area contributed by atoms with Crippen molar-refractivity contribution in [1.82, 2.24) is 14.5 Å². The lowest BCUT2D eigenvalue weighted by Crippen LogP contribution is -2.31. The van der Waals surface area contributed by atoms with Gasteiger partial charge in [0.05, 0.1) is 17.9 Å². The maximum absolute atomic E-state index is 13.2. The highest BCUT2D eigenvalue weighted by Gasteiger charge is 2.45. The molecule has 0 aliphatic carbocycles. The number of aryl methyl sites for hydroxylation is 1. The number of ether oxygens (including phenoxy) is 2. The van der Waals surface area contributed by atoms with E-state index >= 15 is 0 Å². The Hall–Kier alpha value is -3.78. The molecular weight excluding hydrogens is 458 g/mol. The number of carbonyl (C=O) groups excluding carboxylic acids is 2. The van der Waals surface area contributed by atoms with Gasteiger partial charge in [0.1, 0.15) is 19.0 Å². The average molecular weight is 480 g/mol. The molecule has 2 aliphatic rings. The summed E-state index contributed by atoms with van der Waals surface area (Å²) in [5, 5.41) is 11.7. The zero-order valence-corrected chi connectivity index (χ0v) is 18.9. The second kappa shape index (κ2) is 9.23. The number of aromatic nitrogens is 2. The lowest BCUT2D eigenvalue weighted by atomic mass is 9.95. The average Bonchev–Trinajstić information content (AvgIpc) is 3.45. The van der Waals surface area contributed by atoms with E-state index in [4.69, 9.17) is 21.1 Å². The molecule has 1 amide bonds. The number of hydrogen-bond acceptors (Lipinski definition) is 6. The maximum Gasteiger partial charge on any atom is 0.295 e. The molecular formula is C25H22ClN3O5. The topological polar surface area (TPSA) is 93.9 Å². The van der Waals surface area contributed by atoms with Gasteiger partial charge in [0.25, 0.3) is 11.7 Å². The van der Waals surface area contributed by atoms with Gasteiger partial charge >= 0.3 is 0 Å². The van der Waals surface area contributed by atoms with Crippen molar-refractivity contribution < 1.29 is 24.2 Å². The van der Waals surface area contributed by atoms with Crippen LogP contribution in [-0.4, -0.2) is 51.0 Å². The molecule has 1 N–H and O–H groups in total. The SMILES string of the molecule is O=C1C(=O)N(CCCn2ccnc2)C(c2cccc(Cl)c2)C1=C(O)c1ccc2c(c1)OCCO2. The van der Waals surface area contributed by atoms with Crippen LogP contribution in [0, 0.1) is 0 Å². The Morgan fingerprint density at radius 3 is 2.68 bits per heavy atom. The number of rotatable bonds is 6. The Balaban J connectivity index is 1.54. The Kier molecular flexibility index (Phi) is 5.98. The molecule has 1 unspecified atom stereocenters. The molecule has 34 heavy (non-hydrogen) atoms. The number of Topliss-reactive ketones (excluding diaryl/α,β-unsaturated/α-hetero) is 1. The van der Waals surface area contributed by atoms with Crippen molar-refractivity contribution in [1.29, 1.82) is 0 Å². The zero-order chi connectivity index (χ0) is 23.7. The number of nitrogens with zero attached hydrogens (tertiary/aromatic N) is 3. The van der Waals surface area contributed by atoms with Gasteiger partial charge in [-0.3, -0.25) is 9.59 Å². The van der Waals surface area contributed by atoms with Crippen LogP contribution in [0.4, 0.5) is 0 Å². The summed E-state index contributed by atoms with van der Waals surface area (Å²) in [5.74, 6) is -0.620. The molecule has 2 aromatic carbocycles. The number of fused-ring (bicyclic) bond motifs is 1. The standard InChI is InChI=1S/C25H22ClN3O5/c26-18-4-1-3-16(13-18)22-21(23(30)17-5-6-19-20(14-17)34-12-11-33-19)24(31)25(32)29(22)9-2-8-28-10-7-27-15-28/h1,3-7,10,13-15,22,30H,2,8-9,11-12H2. The van der Waals surface area contributed by atoms with Crippen molar-refractivity contribution in [3.05, 3.63) is 82.9 Å². The normalized spacial score (nSPS) is 19.0. The maximum atomic E-state index is 13.2. The first kappa shape index (κ1) is 22.0. The summed E-state index contributed by atoms with van der Waals surface area (Å²) in [6.07, 6.45) is 5.82. The van der Waals surface area contributed by atoms with Crippen LogP contribution in [0.3, 0.4) is 0 Å². The highest BCUT2D eigenvalue weighted by atomic mass is 35.5. The fourth-order valence-electron chi connectivity index (χ4n) is 4.32. The lowest BCUT2D eigenvalue weighted by molar-refractivity contribution is -0.139. The second-order valence-corrected chi connectivity index (χ2v) is 8.50. The molecule has 5 rings (SSSR count). The quantitative estimate of drug-likeness (QED) is 0.328. The van der Waals surface area contributed by atoms with Crippen molar-refractivity contribution in [3.8, 4) is 11.5 Å². The van der Waals surface area contributed by atoms with Gasteiger partial charge in [-0.1, -0.05) is 23.7 Å². The summed E-state index contributed by atoms with van der Waals surface area (Å²) in [5.41, 5.74) is 1.03. The van der Waals surface area contributed by atoms with Crippen molar-refractivity contribution in [2.24, 2.45) is 0 Å². The predicted molar refractivity (Wildman–Crippen MR) is 125 cm³/mol. The molecule has 174 valence electrons. The van der Waals surface area contributed by atoms with Gasteiger partial charge in [-0.15, -0.1) is 0 Å². The first-order valence-corrected chi connectivity index (χ1v) is 11.3. The van der Waals surface area contributed by atoms with E-state index in [1.54, 1.807) is 55.0 Å². The third-order valence-electron chi connectivity index (χ3n) is 5.89. The number of hydrogen-bond donors (Lipinski definition) is 1. The Bertz CT molecular complexity index is 1270. The van der Waals surface area contributed by atoms with E-state index in [9.17, 15) is 14.7 Å². The second-order valence-electron chi connectivity index (χ2n) is 8.06. The minimum absolute atomic E-state index is 0.0200. The van der Waals surface area contributed by atoms with Crippen LogP contribution in [0.1, 0.15) is 23.6 Å². The number of carbonyl (C=O) groups is 2. The van der Waals surface area contributed by atoms with E-state index < -0.39 is 17.7 Å². The lowest BCUT2D eigenvalue weighted by Gasteiger charge is -2.25. The molecule has 0 saturated carbocycles. The fraction of sp³-hybridized carbons (Fsp3) is 0.240. The van der Waals surface area contributed by atoms with E-state index in [0.29, 0.717) is 60.4 Å². The van der Waals surface area contributed by atoms with Gasteiger partial charge in [0, 0.05) is 36.1 Å². The summed E-state index contributed by atoms with van der Waals surface area (Å²) < 4.78 is 13.1. The third kappa shape index (κ3) is 4.12. The van der Waals surface area contributed by atoms with E-state index in [1.165, 1.54) is 4.90 Å². The molecule has 0 spiro atoms. The van der Waals surface area contributed by atoms with Gasteiger partial charge < -0.3 is 24.0 Å². The van der Waals surface area contributed by atoms with E-state index in [1.807, 2.05) is 10.8 Å². The fourth-order valence-corrected chi connectivity index (χ4v) is 4.52. The van der Waals surface area contributed by atoms with Crippen molar-refractivity contribution in [2.75, 3.05) is 19.8 Å². The molecule has 1 aromatic heterocycles. The molecule has 1 fully saturated rings. The van der Waals surface area contributed by atoms with Crippen molar-refractivity contribution in [3.63, 3.8) is 0 Å². The summed E-state index contributed by atoms with van der Waals surface area (Å²) >= 11 is 6.23. The van der Waals surface area contributed by atoms with Gasteiger partial charge in [0.2, 0.25) is 0 Å². The Morgan fingerprint density at radius 2 is 1.91 bits per heavy atom. The number of halogens is 1. The predicted octanol–water partition coefficient (Wildman–Crippen LogP) is 3.82. The summed E-state index contributed by atoms with van der Waals surface area (Å²) in [6, 6.07) is 11.1. The first-order chi connectivity index (χ1) is 16.5. The van der Waals surface area contributed by atoms with E-state index in [0.717, 1.165) is 0 Å². The number of benzene rings is 2. The molecule has 3 heterocycles. The van der Waals surface area contributed by atoms with Gasteiger partial charge in [-0.05, 0) is 42.3 Å². The molecule has 0 bridgehead atoms.